The minimum Gasteiger partial charge on any atom is -0.335 e. The van der Waals surface area contributed by atoms with Crippen LogP contribution in [0.4, 0.5) is 0 Å². The highest BCUT2D eigenvalue weighted by atomic mass is 79.9. The molecular formula is C17H18BrNO. The van der Waals surface area contributed by atoms with E-state index in [9.17, 15) is 4.79 Å². The Bertz CT molecular complexity index is 621. The molecule has 0 spiro atoms. The van der Waals surface area contributed by atoms with Gasteiger partial charge in [-0.15, -0.1) is 0 Å². The van der Waals surface area contributed by atoms with Gasteiger partial charge in [0.2, 0.25) is 0 Å². The Morgan fingerprint density at radius 3 is 2.55 bits per heavy atom. The zero-order valence-electron chi connectivity index (χ0n) is 11.4. The SMILES string of the molecule is O=C(c1ccc2ccccc2c1)N(CCBr)C1CCC1. The molecule has 0 heterocycles. The van der Waals surface area contributed by atoms with Gasteiger partial charge >= 0.3 is 0 Å². The average molecular weight is 332 g/mol. The van der Waals surface area contributed by atoms with Crippen molar-refractivity contribution in [1.82, 2.24) is 4.90 Å². The van der Waals surface area contributed by atoms with Crippen LogP contribution in [0.3, 0.4) is 0 Å². The van der Waals surface area contributed by atoms with Gasteiger partial charge in [0.05, 0.1) is 0 Å². The molecule has 0 unspecified atom stereocenters. The fourth-order valence-corrected chi connectivity index (χ4v) is 3.11. The minimum absolute atomic E-state index is 0.167. The topological polar surface area (TPSA) is 20.3 Å². The van der Waals surface area contributed by atoms with Crippen molar-refractivity contribution in [2.75, 3.05) is 11.9 Å². The molecule has 1 aliphatic rings. The third kappa shape index (κ3) is 2.59. The summed E-state index contributed by atoms with van der Waals surface area (Å²) in [6.45, 7) is 0.788. The summed E-state index contributed by atoms with van der Waals surface area (Å²) in [4.78, 5) is 14.7. The molecule has 20 heavy (non-hydrogen) atoms. The van der Waals surface area contributed by atoms with Crippen molar-refractivity contribution in [2.24, 2.45) is 0 Å². The zero-order valence-corrected chi connectivity index (χ0v) is 13.0. The van der Waals surface area contributed by atoms with Gasteiger partial charge < -0.3 is 4.90 Å². The van der Waals surface area contributed by atoms with Crippen LogP contribution in [0.5, 0.6) is 0 Å². The Kier molecular flexibility index (Phi) is 4.06. The largest absolute Gasteiger partial charge is 0.335 e. The number of nitrogens with zero attached hydrogens (tertiary/aromatic N) is 1. The van der Waals surface area contributed by atoms with Crippen LogP contribution in [0.15, 0.2) is 42.5 Å². The maximum absolute atomic E-state index is 12.7. The van der Waals surface area contributed by atoms with Crippen LogP contribution < -0.4 is 0 Å². The van der Waals surface area contributed by atoms with Crippen molar-refractivity contribution in [2.45, 2.75) is 25.3 Å². The fraction of sp³-hybridized carbons (Fsp3) is 0.353. The molecule has 0 radical (unpaired) electrons. The number of carbonyl (C=O) groups excluding carboxylic acids is 1. The van der Waals surface area contributed by atoms with E-state index in [-0.39, 0.29) is 5.91 Å². The van der Waals surface area contributed by atoms with Gasteiger partial charge in [0.1, 0.15) is 0 Å². The van der Waals surface area contributed by atoms with E-state index in [4.69, 9.17) is 0 Å². The maximum Gasteiger partial charge on any atom is 0.254 e. The number of amides is 1. The van der Waals surface area contributed by atoms with Gasteiger partial charge in [-0.3, -0.25) is 4.79 Å². The number of rotatable bonds is 4. The van der Waals surface area contributed by atoms with Crippen molar-refractivity contribution in [1.29, 1.82) is 0 Å². The van der Waals surface area contributed by atoms with Crippen LogP contribution in [0.2, 0.25) is 0 Å². The summed E-state index contributed by atoms with van der Waals surface area (Å²) in [6.07, 6.45) is 3.53. The van der Waals surface area contributed by atoms with Crippen LogP contribution in [0.1, 0.15) is 29.6 Å². The molecule has 1 fully saturated rings. The molecule has 2 nitrogen and oxygen atoms in total. The Hall–Kier alpha value is -1.35. The lowest BCUT2D eigenvalue weighted by Crippen LogP contribution is -2.45. The highest BCUT2D eigenvalue weighted by Gasteiger charge is 2.28. The first-order valence-electron chi connectivity index (χ1n) is 7.15. The molecule has 0 aromatic heterocycles. The van der Waals surface area contributed by atoms with Gasteiger partial charge in [-0.1, -0.05) is 46.3 Å². The second-order valence-corrected chi connectivity index (χ2v) is 6.13. The number of hydrogen-bond donors (Lipinski definition) is 0. The summed E-state index contributed by atoms with van der Waals surface area (Å²) in [5.74, 6) is 0.167. The van der Waals surface area contributed by atoms with E-state index >= 15 is 0 Å². The highest BCUT2D eigenvalue weighted by Crippen LogP contribution is 2.27. The number of hydrogen-bond acceptors (Lipinski definition) is 1. The van der Waals surface area contributed by atoms with Gasteiger partial charge in [-0.05, 0) is 42.2 Å². The Labute approximate surface area is 127 Å². The predicted octanol–water partition coefficient (Wildman–Crippen LogP) is 4.23. The summed E-state index contributed by atoms with van der Waals surface area (Å²) in [6, 6.07) is 14.6. The number of carbonyl (C=O) groups is 1. The first-order chi connectivity index (χ1) is 9.79. The van der Waals surface area contributed by atoms with E-state index in [1.807, 2.05) is 35.2 Å². The van der Waals surface area contributed by atoms with Gasteiger partial charge in [-0.25, -0.2) is 0 Å². The average Bonchev–Trinajstić information content (AvgIpc) is 2.43. The second-order valence-electron chi connectivity index (χ2n) is 5.33. The van der Waals surface area contributed by atoms with Gasteiger partial charge in [0.15, 0.2) is 0 Å². The van der Waals surface area contributed by atoms with Gasteiger partial charge in [0.25, 0.3) is 5.91 Å². The van der Waals surface area contributed by atoms with Crippen LogP contribution in [0, 0.1) is 0 Å². The highest BCUT2D eigenvalue weighted by molar-refractivity contribution is 9.09. The van der Waals surface area contributed by atoms with E-state index < -0.39 is 0 Å². The molecule has 3 heteroatoms. The van der Waals surface area contributed by atoms with Crippen molar-refractivity contribution in [3.05, 3.63) is 48.0 Å². The summed E-state index contributed by atoms with van der Waals surface area (Å²) >= 11 is 3.46. The summed E-state index contributed by atoms with van der Waals surface area (Å²) in [5, 5.41) is 3.15. The molecular weight excluding hydrogens is 314 g/mol. The molecule has 0 saturated heterocycles. The minimum atomic E-state index is 0.167. The Balaban J connectivity index is 1.89. The van der Waals surface area contributed by atoms with E-state index in [0.29, 0.717) is 6.04 Å². The monoisotopic (exact) mass is 331 g/mol. The lowest BCUT2D eigenvalue weighted by atomic mass is 9.91. The molecule has 1 amide bonds. The molecule has 0 atom stereocenters. The number of alkyl halides is 1. The fourth-order valence-electron chi connectivity index (χ4n) is 2.73. The number of halogens is 1. The first kappa shape index (κ1) is 13.6. The van der Waals surface area contributed by atoms with E-state index in [0.717, 1.165) is 35.7 Å². The van der Waals surface area contributed by atoms with E-state index in [1.54, 1.807) is 0 Å². The van der Waals surface area contributed by atoms with Crippen LogP contribution in [-0.4, -0.2) is 28.7 Å². The first-order valence-corrected chi connectivity index (χ1v) is 8.27. The van der Waals surface area contributed by atoms with Crippen molar-refractivity contribution in [3.8, 4) is 0 Å². The lowest BCUT2D eigenvalue weighted by molar-refractivity contribution is 0.0600. The molecule has 3 rings (SSSR count). The standard InChI is InChI=1S/C17H18BrNO/c18-10-11-19(16-6-3-7-16)17(20)15-9-8-13-4-1-2-5-14(13)12-15/h1-2,4-5,8-9,12,16H,3,6-7,10-11H2. The molecule has 104 valence electrons. The second kappa shape index (κ2) is 5.96. The third-order valence-electron chi connectivity index (χ3n) is 4.10. The normalized spacial score (nSPS) is 15.1. The van der Waals surface area contributed by atoms with E-state index in [1.165, 1.54) is 11.8 Å². The molecule has 0 aliphatic heterocycles. The Morgan fingerprint density at radius 1 is 1.15 bits per heavy atom. The molecule has 1 saturated carbocycles. The smallest absolute Gasteiger partial charge is 0.254 e. The molecule has 2 aromatic rings. The summed E-state index contributed by atoms with van der Waals surface area (Å²) in [7, 11) is 0. The third-order valence-corrected chi connectivity index (χ3v) is 4.45. The number of benzene rings is 2. The zero-order chi connectivity index (χ0) is 13.9. The summed E-state index contributed by atoms with van der Waals surface area (Å²) in [5.41, 5.74) is 0.802. The quantitative estimate of drug-likeness (QED) is 0.768. The van der Waals surface area contributed by atoms with E-state index in [2.05, 4.69) is 28.1 Å². The van der Waals surface area contributed by atoms with Crippen molar-refractivity contribution >= 4 is 32.6 Å². The molecule has 0 bridgehead atoms. The van der Waals surface area contributed by atoms with Crippen LogP contribution in [0.25, 0.3) is 10.8 Å². The predicted molar refractivity (Wildman–Crippen MR) is 86.4 cm³/mol. The number of fused-ring (bicyclic) bond motifs is 1. The van der Waals surface area contributed by atoms with Gasteiger partial charge in [-0.2, -0.15) is 0 Å². The van der Waals surface area contributed by atoms with Crippen LogP contribution in [-0.2, 0) is 0 Å². The molecule has 2 aromatic carbocycles. The lowest BCUT2D eigenvalue weighted by Gasteiger charge is -2.37. The van der Waals surface area contributed by atoms with Gasteiger partial charge in [0, 0.05) is 23.5 Å². The van der Waals surface area contributed by atoms with Crippen molar-refractivity contribution < 1.29 is 4.79 Å². The van der Waals surface area contributed by atoms with Crippen LogP contribution >= 0.6 is 15.9 Å². The van der Waals surface area contributed by atoms with Crippen molar-refractivity contribution in [3.63, 3.8) is 0 Å². The maximum atomic E-state index is 12.7. The molecule has 1 aliphatic carbocycles. The Morgan fingerprint density at radius 2 is 1.90 bits per heavy atom. The molecule has 0 N–H and O–H groups in total. The summed E-state index contributed by atoms with van der Waals surface area (Å²) < 4.78 is 0.